The molecule has 2 aromatic rings. The molecule has 0 saturated carbocycles. The molecule has 2 N–H and O–H groups in total. The molecule has 0 aliphatic carbocycles. The summed E-state index contributed by atoms with van der Waals surface area (Å²) in [6, 6.07) is 13.8. The molecule has 0 radical (unpaired) electrons. The second kappa shape index (κ2) is 6.27. The Labute approximate surface area is 130 Å². The number of anilines is 2. The predicted molar refractivity (Wildman–Crippen MR) is 88.3 cm³/mol. The monoisotopic (exact) mass is 302 g/mol. The number of phenolic OH excluding ortho intramolecular Hbond substituents is 1. The van der Waals surface area contributed by atoms with Crippen LogP contribution in [0, 0.1) is 0 Å². The summed E-state index contributed by atoms with van der Waals surface area (Å²) in [6.45, 7) is 3.01. The van der Waals surface area contributed by atoms with Crippen molar-refractivity contribution in [1.29, 1.82) is 0 Å². The Kier molecular flexibility index (Phi) is 4.20. The summed E-state index contributed by atoms with van der Waals surface area (Å²) in [5, 5.41) is 13.2. The van der Waals surface area contributed by atoms with Crippen LogP contribution in [0.4, 0.5) is 11.4 Å². The van der Waals surface area contributed by atoms with Gasteiger partial charge in [-0.25, -0.2) is 0 Å². The van der Waals surface area contributed by atoms with Gasteiger partial charge < -0.3 is 15.3 Å². The van der Waals surface area contributed by atoms with Crippen molar-refractivity contribution >= 4 is 23.0 Å². The summed E-state index contributed by atoms with van der Waals surface area (Å²) in [4.78, 5) is 2.42. The number of hydrogen-bond acceptors (Lipinski definition) is 3. The van der Waals surface area contributed by atoms with Crippen molar-refractivity contribution in [3.63, 3.8) is 0 Å². The molecule has 110 valence electrons. The number of rotatable bonds is 4. The van der Waals surface area contributed by atoms with Gasteiger partial charge in [-0.1, -0.05) is 17.7 Å². The van der Waals surface area contributed by atoms with Crippen molar-refractivity contribution in [2.45, 2.75) is 19.4 Å². The van der Waals surface area contributed by atoms with Crippen molar-refractivity contribution in [3.05, 3.63) is 53.1 Å². The van der Waals surface area contributed by atoms with Gasteiger partial charge in [0.05, 0.1) is 5.02 Å². The van der Waals surface area contributed by atoms with Crippen molar-refractivity contribution < 1.29 is 5.11 Å². The minimum atomic E-state index is 0.121. The molecule has 1 saturated heterocycles. The topological polar surface area (TPSA) is 35.5 Å². The fourth-order valence-electron chi connectivity index (χ4n) is 2.63. The van der Waals surface area contributed by atoms with Gasteiger partial charge in [-0.15, -0.1) is 0 Å². The van der Waals surface area contributed by atoms with Crippen molar-refractivity contribution in [2.24, 2.45) is 0 Å². The molecule has 2 aromatic carbocycles. The summed E-state index contributed by atoms with van der Waals surface area (Å²) in [7, 11) is 0. The largest absolute Gasteiger partial charge is 0.506 e. The molecule has 0 aromatic heterocycles. The quantitative estimate of drug-likeness (QED) is 0.886. The van der Waals surface area contributed by atoms with Crippen LogP contribution in [0.2, 0.25) is 5.02 Å². The zero-order chi connectivity index (χ0) is 14.7. The van der Waals surface area contributed by atoms with Crippen LogP contribution >= 0.6 is 11.6 Å². The van der Waals surface area contributed by atoms with Crippen molar-refractivity contribution in [2.75, 3.05) is 23.3 Å². The van der Waals surface area contributed by atoms with Gasteiger partial charge in [0.15, 0.2) is 0 Å². The lowest BCUT2D eigenvalue weighted by molar-refractivity contribution is 0.475. The van der Waals surface area contributed by atoms with Crippen LogP contribution in [-0.2, 0) is 6.54 Å². The summed E-state index contributed by atoms with van der Waals surface area (Å²) in [5.74, 6) is 0.121. The van der Waals surface area contributed by atoms with Crippen LogP contribution in [0.15, 0.2) is 42.5 Å². The van der Waals surface area contributed by atoms with Crippen molar-refractivity contribution in [1.82, 2.24) is 0 Å². The summed E-state index contributed by atoms with van der Waals surface area (Å²) >= 11 is 5.91. The molecule has 0 atom stereocenters. The molecule has 0 unspecified atom stereocenters. The first-order valence-corrected chi connectivity index (χ1v) is 7.66. The van der Waals surface area contributed by atoms with Crippen LogP contribution in [0.5, 0.6) is 5.75 Å². The number of halogens is 1. The van der Waals surface area contributed by atoms with Gasteiger partial charge >= 0.3 is 0 Å². The number of phenols is 1. The lowest BCUT2D eigenvalue weighted by Crippen LogP contribution is -2.17. The molecule has 3 rings (SSSR count). The van der Waals surface area contributed by atoms with Gasteiger partial charge in [0.2, 0.25) is 0 Å². The Balaban J connectivity index is 1.61. The molecule has 0 spiro atoms. The highest BCUT2D eigenvalue weighted by molar-refractivity contribution is 6.32. The molecule has 1 heterocycles. The van der Waals surface area contributed by atoms with E-state index in [0.29, 0.717) is 11.6 Å². The maximum Gasteiger partial charge on any atom is 0.134 e. The third kappa shape index (κ3) is 3.42. The van der Waals surface area contributed by atoms with E-state index in [1.807, 2.05) is 6.07 Å². The van der Waals surface area contributed by atoms with E-state index in [9.17, 15) is 5.11 Å². The third-order valence-corrected chi connectivity index (χ3v) is 4.15. The number of aromatic hydroxyl groups is 1. The van der Waals surface area contributed by atoms with E-state index in [0.717, 1.165) is 11.3 Å². The molecule has 1 fully saturated rings. The first kappa shape index (κ1) is 14.1. The van der Waals surface area contributed by atoms with Crippen LogP contribution in [0.3, 0.4) is 0 Å². The van der Waals surface area contributed by atoms with Crippen LogP contribution in [-0.4, -0.2) is 18.2 Å². The fraction of sp³-hybridized carbons (Fsp3) is 0.294. The maximum atomic E-state index is 9.41. The van der Waals surface area contributed by atoms with Gasteiger partial charge in [0, 0.05) is 31.0 Å². The first-order chi connectivity index (χ1) is 10.2. The minimum absolute atomic E-state index is 0.121. The van der Waals surface area contributed by atoms with Gasteiger partial charge in [-0.2, -0.15) is 0 Å². The normalized spacial score (nSPS) is 14.4. The number of nitrogens with zero attached hydrogens (tertiary/aromatic N) is 1. The highest BCUT2D eigenvalue weighted by Gasteiger charge is 2.11. The lowest BCUT2D eigenvalue weighted by atomic mass is 10.2. The first-order valence-electron chi connectivity index (χ1n) is 7.29. The SMILES string of the molecule is Oc1ccc(CNc2ccc(N3CCCC3)cc2)cc1Cl. The van der Waals surface area contributed by atoms with E-state index < -0.39 is 0 Å². The van der Waals surface area contributed by atoms with E-state index in [1.165, 1.54) is 31.6 Å². The zero-order valence-corrected chi connectivity index (χ0v) is 12.6. The van der Waals surface area contributed by atoms with E-state index in [4.69, 9.17) is 11.6 Å². The number of hydrogen-bond donors (Lipinski definition) is 2. The van der Waals surface area contributed by atoms with E-state index in [2.05, 4.69) is 34.5 Å². The molecule has 1 aliphatic heterocycles. The number of nitrogens with one attached hydrogen (secondary N) is 1. The molecular weight excluding hydrogens is 284 g/mol. The third-order valence-electron chi connectivity index (χ3n) is 3.85. The zero-order valence-electron chi connectivity index (χ0n) is 11.8. The lowest BCUT2D eigenvalue weighted by Gasteiger charge is -2.18. The summed E-state index contributed by atoms with van der Waals surface area (Å²) < 4.78 is 0. The second-order valence-corrected chi connectivity index (χ2v) is 5.79. The Bertz CT molecular complexity index is 607. The minimum Gasteiger partial charge on any atom is -0.506 e. The fourth-order valence-corrected chi connectivity index (χ4v) is 2.83. The number of benzene rings is 2. The summed E-state index contributed by atoms with van der Waals surface area (Å²) in [5.41, 5.74) is 3.43. The Morgan fingerprint density at radius 3 is 2.43 bits per heavy atom. The molecular formula is C17H19ClN2O. The maximum absolute atomic E-state index is 9.41. The van der Waals surface area contributed by atoms with Gasteiger partial charge in [-0.3, -0.25) is 0 Å². The molecule has 0 bridgehead atoms. The van der Waals surface area contributed by atoms with Crippen LogP contribution < -0.4 is 10.2 Å². The standard InChI is InChI=1S/C17H19ClN2O/c18-16-11-13(3-8-17(16)21)12-19-14-4-6-15(7-5-14)20-9-1-2-10-20/h3-8,11,19,21H,1-2,9-10,12H2. The van der Waals surface area contributed by atoms with E-state index in [-0.39, 0.29) is 5.75 Å². The van der Waals surface area contributed by atoms with Crippen LogP contribution in [0.1, 0.15) is 18.4 Å². The molecule has 4 heteroatoms. The average Bonchev–Trinajstić information content (AvgIpc) is 3.03. The Hall–Kier alpha value is -1.87. The predicted octanol–water partition coefficient (Wildman–Crippen LogP) is 4.26. The molecule has 3 nitrogen and oxygen atoms in total. The Morgan fingerprint density at radius 2 is 1.76 bits per heavy atom. The highest BCUT2D eigenvalue weighted by Crippen LogP contribution is 2.25. The highest BCUT2D eigenvalue weighted by atomic mass is 35.5. The van der Waals surface area contributed by atoms with Gasteiger partial charge in [0.25, 0.3) is 0 Å². The average molecular weight is 303 g/mol. The second-order valence-electron chi connectivity index (χ2n) is 5.38. The smallest absolute Gasteiger partial charge is 0.134 e. The Morgan fingerprint density at radius 1 is 1.05 bits per heavy atom. The van der Waals surface area contributed by atoms with E-state index >= 15 is 0 Å². The molecule has 1 aliphatic rings. The molecule has 0 amide bonds. The van der Waals surface area contributed by atoms with Gasteiger partial charge in [0.1, 0.15) is 5.75 Å². The van der Waals surface area contributed by atoms with Crippen molar-refractivity contribution in [3.8, 4) is 5.75 Å². The molecule has 21 heavy (non-hydrogen) atoms. The van der Waals surface area contributed by atoms with E-state index in [1.54, 1.807) is 12.1 Å². The van der Waals surface area contributed by atoms with Crippen LogP contribution in [0.25, 0.3) is 0 Å². The van der Waals surface area contributed by atoms with Gasteiger partial charge in [-0.05, 0) is 54.8 Å². The summed E-state index contributed by atoms with van der Waals surface area (Å²) in [6.07, 6.45) is 2.59.